The van der Waals surface area contributed by atoms with E-state index in [-0.39, 0.29) is 11.6 Å². The second kappa shape index (κ2) is 8.14. The van der Waals surface area contributed by atoms with E-state index in [1.165, 1.54) is 18.2 Å². The summed E-state index contributed by atoms with van der Waals surface area (Å²) in [5.74, 6) is 0.123. The van der Waals surface area contributed by atoms with Gasteiger partial charge in [0.05, 0.1) is 4.92 Å². The molecule has 0 saturated carbocycles. The van der Waals surface area contributed by atoms with Crippen molar-refractivity contribution >= 4 is 55.1 Å². The van der Waals surface area contributed by atoms with Crippen LogP contribution in [0.15, 0.2) is 81.7 Å². The number of hydrogen-bond acceptors (Lipinski definition) is 5. The fourth-order valence-electron chi connectivity index (χ4n) is 3.78. The number of amides is 1. The first-order valence-electron chi connectivity index (χ1n) is 10.1. The average Bonchev–Trinajstić information content (AvgIpc) is 3.22. The lowest BCUT2D eigenvalue weighted by Crippen LogP contribution is -2.12. The number of aryl methyl sites for hydroxylation is 1. The number of carbonyl (C=O) groups excluding carboxylic acids is 1. The summed E-state index contributed by atoms with van der Waals surface area (Å²) in [6.45, 7) is 1.60. The molecule has 1 amide bonds. The normalized spacial score (nSPS) is 11.1. The molecule has 8 heteroatoms. The standard InChI is InChI=1S/C25H16BrN3O4/c1-14-12-15(8-10-22(14)29(31)32)24(30)27-16-9-11-23-21(13-16)28-25(33-23)19-6-2-5-18-17(19)4-3-7-20(18)26/h2-13H,1H3,(H,27,30). The van der Waals surface area contributed by atoms with Crippen LogP contribution in [0.4, 0.5) is 11.4 Å². The minimum absolute atomic E-state index is 0.0245. The first-order valence-corrected chi connectivity index (χ1v) is 10.8. The summed E-state index contributed by atoms with van der Waals surface area (Å²) in [7, 11) is 0. The van der Waals surface area contributed by atoms with E-state index in [1.807, 2.05) is 36.4 Å². The van der Waals surface area contributed by atoms with Crippen molar-refractivity contribution in [3.05, 3.63) is 98.5 Å². The van der Waals surface area contributed by atoms with Crippen molar-refractivity contribution in [3.63, 3.8) is 0 Å². The summed E-state index contributed by atoms with van der Waals surface area (Å²) in [4.78, 5) is 27.8. The third kappa shape index (κ3) is 3.85. The van der Waals surface area contributed by atoms with E-state index in [9.17, 15) is 14.9 Å². The van der Waals surface area contributed by atoms with Gasteiger partial charge < -0.3 is 9.73 Å². The van der Waals surface area contributed by atoms with Gasteiger partial charge in [-0.15, -0.1) is 0 Å². The van der Waals surface area contributed by atoms with Gasteiger partial charge in [-0.25, -0.2) is 4.98 Å². The van der Waals surface area contributed by atoms with Crippen LogP contribution >= 0.6 is 15.9 Å². The molecule has 0 saturated heterocycles. The Morgan fingerprint density at radius 1 is 1.03 bits per heavy atom. The Labute approximate surface area is 196 Å². The molecule has 7 nitrogen and oxygen atoms in total. The summed E-state index contributed by atoms with van der Waals surface area (Å²) in [6.07, 6.45) is 0. The quantitative estimate of drug-likeness (QED) is 0.213. The minimum atomic E-state index is -0.470. The molecule has 1 heterocycles. The molecule has 0 aliphatic rings. The number of hydrogen-bond donors (Lipinski definition) is 1. The number of nitrogens with zero attached hydrogens (tertiary/aromatic N) is 2. The smallest absolute Gasteiger partial charge is 0.272 e. The number of benzene rings is 4. The zero-order valence-electron chi connectivity index (χ0n) is 17.3. The SMILES string of the molecule is Cc1cc(C(=O)Nc2ccc3oc(-c4cccc5c(Br)cccc45)nc3c2)ccc1[N+](=O)[O-]. The Bertz CT molecular complexity index is 1580. The lowest BCUT2D eigenvalue weighted by atomic mass is 10.0. The zero-order chi connectivity index (χ0) is 23.1. The predicted octanol–water partition coefficient (Wildman–Crippen LogP) is 6.88. The second-order valence-electron chi connectivity index (χ2n) is 7.55. The van der Waals surface area contributed by atoms with Crippen LogP contribution in [0.1, 0.15) is 15.9 Å². The molecule has 162 valence electrons. The van der Waals surface area contributed by atoms with E-state index in [4.69, 9.17) is 4.42 Å². The van der Waals surface area contributed by atoms with Crippen molar-refractivity contribution in [2.24, 2.45) is 0 Å². The number of fused-ring (bicyclic) bond motifs is 2. The molecule has 0 unspecified atom stereocenters. The van der Waals surface area contributed by atoms with E-state index in [0.717, 1.165) is 20.8 Å². The maximum absolute atomic E-state index is 12.7. The van der Waals surface area contributed by atoms with Gasteiger partial charge in [-0.2, -0.15) is 0 Å². The molecule has 0 radical (unpaired) electrons. The molecular weight excluding hydrogens is 486 g/mol. The molecule has 0 bridgehead atoms. The van der Waals surface area contributed by atoms with Crippen molar-refractivity contribution in [2.45, 2.75) is 6.92 Å². The van der Waals surface area contributed by atoms with Gasteiger partial charge in [0.1, 0.15) is 5.52 Å². The Morgan fingerprint density at radius 3 is 2.61 bits per heavy atom. The average molecular weight is 502 g/mol. The molecule has 1 N–H and O–H groups in total. The highest BCUT2D eigenvalue weighted by Crippen LogP contribution is 2.34. The Kier molecular flexibility index (Phi) is 5.14. The molecule has 33 heavy (non-hydrogen) atoms. The van der Waals surface area contributed by atoms with Gasteiger partial charge in [-0.3, -0.25) is 14.9 Å². The molecule has 5 rings (SSSR count). The zero-order valence-corrected chi connectivity index (χ0v) is 18.9. The van der Waals surface area contributed by atoms with Gasteiger partial charge in [0.25, 0.3) is 11.6 Å². The minimum Gasteiger partial charge on any atom is -0.436 e. The number of rotatable bonds is 4. The molecular formula is C25H16BrN3O4. The first-order chi connectivity index (χ1) is 15.9. The molecule has 1 aromatic heterocycles. The summed E-state index contributed by atoms with van der Waals surface area (Å²) in [5.41, 5.74) is 3.35. The van der Waals surface area contributed by atoms with Gasteiger partial charge in [0.15, 0.2) is 5.58 Å². The molecule has 0 spiro atoms. The Balaban J connectivity index is 1.46. The largest absolute Gasteiger partial charge is 0.436 e. The fraction of sp³-hybridized carbons (Fsp3) is 0.0400. The van der Waals surface area contributed by atoms with E-state index in [1.54, 1.807) is 25.1 Å². The molecule has 0 atom stereocenters. The molecule has 0 fully saturated rings. The maximum Gasteiger partial charge on any atom is 0.272 e. The summed E-state index contributed by atoms with van der Waals surface area (Å²) in [5, 5.41) is 15.9. The monoisotopic (exact) mass is 501 g/mol. The predicted molar refractivity (Wildman–Crippen MR) is 130 cm³/mol. The maximum atomic E-state index is 12.7. The van der Waals surface area contributed by atoms with Crippen molar-refractivity contribution in [1.29, 1.82) is 0 Å². The molecule has 5 aromatic rings. The van der Waals surface area contributed by atoms with Gasteiger partial charge in [-0.1, -0.05) is 40.2 Å². The Morgan fingerprint density at radius 2 is 1.82 bits per heavy atom. The first kappa shape index (κ1) is 20.8. The number of carbonyl (C=O) groups is 1. The summed E-state index contributed by atoms with van der Waals surface area (Å²) >= 11 is 3.58. The van der Waals surface area contributed by atoms with Crippen LogP contribution in [-0.2, 0) is 0 Å². The van der Waals surface area contributed by atoms with E-state index in [0.29, 0.717) is 33.8 Å². The number of oxazole rings is 1. The van der Waals surface area contributed by atoms with E-state index < -0.39 is 4.92 Å². The topological polar surface area (TPSA) is 98.3 Å². The van der Waals surface area contributed by atoms with E-state index in [2.05, 4.69) is 26.2 Å². The molecule has 0 aliphatic carbocycles. The number of nitro benzene ring substituents is 1. The lowest BCUT2D eigenvalue weighted by molar-refractivity contribution is -0.385. The van der Waals surface area contributed by atoms with Crippen LogP contribution in [0, 0.1) is 17.0 Å². The number of aromatic nitrogens is 1. The van der Waals surface area contributed by atoms with Gasteiger partial charge in [0.2, 0.25) is 5.89 Å². The highest BCUT2D eigenvalue weighted by molar-refractivity contribution is 9.10. The van der Waals surface area contributed by atoms with Crippen LogP contribution < -0.4 is 5.32 Å². The van der Waals surface area contributed by atoms with Crippen LogP contribution in [0.5, 0.6) is 0 Å². The highest BCUT2D eigenvalue weighted by Gasteiger charge is 2.16. The number of halogens is 1. The number of nitrogens with one attached hydrogen (secondary N) is 1. The number of nitro groups is 1. The van der Waals surface area contributed by atoms with Gasteiger partial charge in [0, 0.05) is 32.9 Å². The fourth-order valence-corrected chi connectivity index (χ4v) is 4.28. The van der Waals surface area contributed by atoms with E-state index >= 15 is 0 Å². The second-order valence-corrected chi connectivity index (χ2v) is 8.41. The van der Waals surface area contributed by atoms with Gasteiger partial charge in [-0.05, 0) is 60.2 Å². The Hall–Kier alpha value is -4.04. The van der Waals surface area contributed by atoms with Crippen LogP contribution in [-0.4, -0.2) is 15.8 Å². The third-order valence-electron chi connectivity index (χ3n) is 5.40. The van der Waals surface area contributed by atoms with Crippen molar-refractivity contribution in [1.82, 2.24) is 4.98 Å². The van der Waals surface area contributed by atoms with Gasteiger partial charge >= 0.3 is 0 Å². The van der Waals surface area contributed by atoms with Crippen LogP contribution in [0.3, 0.4) is 0 Å². The van der Waals surface area contributed by atoms with Crippen LogP contribution in [0.25, 0.3) is 33.3 Å². The molecule has 0 aliphatic heterocycles. The summed E-state index contributed by atoms with van der Waals surface area (Å²) in [6, 6.07) is 21.4. The number of anilines is 1. The van der Waals surface area contributed by atoms with Crippen molar-refractivity contribution < 1.29 is 14.1 Å². The van der Waals surface area contributed by atoms with Crippen LogP contribution in [0.2, 0.25) is 0 Å². The van der Waals surface area contributed by atoms with Crippen molar-refractivity contribution in [2.75, 3.05) is 5.32 Å². The highest BCUT2D eigenvalue weighted by atomic mass is 79.9. The van der Waals surface area contributed by atoms with Crippen molar-refractivity contribution in [3.8, 4) is 11.5 Å². The lowest BCUT2D eigenvalue weighted by Gasteiger charge is -2.06. The third-order valence-corrected chi connectivity index (χ3v) is 6.09. The summed E-state index contributed by atoms with van der Waals surface area (Å²) < 4.78 is 6.99. The molecule has 4 aromatic carbocycles.